The molecule has 0 atom stereocenters. The number of aromatic nitrogens is 1. The van der Waals surface area contributed by atoms with E-state index in [9.17, 15) is 4.79 Å². The molecule has 2 N–H and O–H groups in total. The Morgan fingerprint density at radius 3 is 2.76 bits per heavy atom. The van der Waals surface area contributed by atoms with Gasteiger partial charge in [0.25, 0.3) is 5.91 Å². The Bertz CT molecular complexity index is 423. The van der Waals surface area contributed by atoms with E-state index in [1.54, 1.807) is 0 Å². The van der Waals surface area contributed by atoms with Crippen molar-refractivity contribution >= 4 is 17.2 Å². The van der Waals surface area contributed by atoms with Gasteiger partial charge in [-0.05, 0) is 31.6 Å². The van der Waals surface area contributed by atoms with Crippen molar-refractivity contribution in [3.8, 4) is 0 Å². The third kappa shape index (κ3) is 2.50. The maximum atomic E-state index is 12.3. The number of thiazole rings is 1. The first-order valence-corrected chi connectivity index (χ1v) is 7.11. The van der Waals surface area contributed by atoms with Gasteiger partial charge in [-0.1, -0.05) is 0 Å². The maximum absolute atomic E-state index is 12.3. The molecule has 2 aliphatic rings. The van der Waals surface area contributed by atoms with Gasteiger partial charge in [-0.2, -0.15) is 0 Å². The highest BCUT2D eigenvalue weighted by atomic mass is 32.1. The second-order valence-corrected chi connectivity index (χ2v) is 5.91. The number of nitrogens with zero attached hydrogens (tertiary/aromatic N) is 2. The van der Waals surface area contributed by atoms with Crippen LogP contribution < -0.4 is 5.73 Å². The van der Waals surface area contributed by atoms with Gasteiger partial charge in [-0.25, -0.2) is 4.98 Å². The smallest absolute Gasteiger partial charge is 0.273 e. The molecule has 0 aromatic carbocycles. The zero-order chi connectivity index (χ0) is 11.8. The molecule has 2 fully saturated rings. The van der Waals surface area contributed by atoms with Gasteiger partial charge in [0.2, 0.25) is 0 Å². The van der Waals surface area contributed by atoms with Crippen LogP contribution in [0.2, 0.25) is 0 Å². The first kappa shape index (κ1) is 11.2. The van der Waals surface area contributed by atoms with Crippen molar-refractivity contribution in [2.24, 2.45) is 11.7 Å². The van der Waals surface area contributed by atoms with Crippen LogP contribution in [0.4, 0.5) is 0 Å². The molecule has 17 heavy (non-hydrogen) atoms. The van der Waals surface area contributed by atoms with E-state index in [-0.39, 0.29) is 5.91 Å². The van der Waals surface area contributed by atoms with Crippen LogP contribution in [0.25, 0.3) is 0 Å². The first-order valence-electron chi connectivity index (χ1n) is 6.23. The molecule has 2 aliphatic carbocycles. The molecule has 1 aromatic heterocycles. The zero-order valence-corrected chi connectivity index (χ0v) is 10.6. The molecule has 1 amide bonds. The molecule has 0 radical (unpaired) electrons. The Labute approximate surface area is 105 Å². The van der Waals surface area contributed by atoms with Crippen LogP contribution in [-0.2, 0) is 6.54 Å². The van der Waals surface area contributed by atoms with E-state index in [0.717, 1.165) is 30.3 Å². The Balaban J connectivity index is 1.72. The fourth-order valence-electron chi connectivity index (χ4n) is 2.01. The second-order valence-electron chi connectivity index (χ2n) is 4.96. The number of rotatable bonds is 5. The van der Waals surface area contributed by atoms with Gasteiger partial charge in [0, 0.05) is 24.5 Å². The van der Waals surface area contributed by atoms with Crippen molar-refractivity contribution in [1.29, 1.82) is 0 Å². The summed E-state index contributed by atoms with van der Waals surface area (Å²) in [6.07, 6.45) is 4.88. The lowest BCUT2D eigenvalue weighted by atomic mass is 10.3. The van der Waals surface area contributed by atoms with Crippen molar-refractivity contribution in [2.45, 2.75) is 38.3 Å². The van der Waals surface area contributed by atoms with Crippen LogP contribution in [-0.4, -0.2) is 28.4 Å². The summed E-state index contributed by atoms with van der Waals surface area (Å²) in [4.78, 5) is 18.7. The summed E-state index contributed by atoms with van der Waals surface area (Å²) in [6.45, 7) is 1.35. The summed E-state index contributed by atoms with van der Waals surface area (Å²) in [5.74, 6) is 0.850. The van der Waals surface area contributed by atoms with Gasteiger partial charge in [0.15, 0.2) is 0 Å². The summed E-state index contributed by atoms with van der Waals surface area (Å²) >= 11 is 1.48. The number of carbonyl (C=O) groups excluding carboxylic acids is 1. The summed E-state index contributed by atoms with van der Waals surface area (Å²) < 4.78 is 0. The molecule has 3 rings (SSSR count). The molecular formula is C12H17N3OS. The minimum absolute atomic E-state index is 0.107. The Morgan fingerprint density at radius 1 is 1.47 bits per heavy atom. The first-order chi connectivity index (χ1) is 8.28. The lowest BCUT2D eigenvalue weighted by Gasteiger charge is -2.21. The van der Waals surface area contributed by atoms with Gasteiger partial charge in [-0.15, -0.1) is 11.3 Å². The molecule has 0 spiro atoms. The molecule has 5 heteroatoms. The number of hydrogen-bond donors (Lipinski definition) is 1. The van der Waals surface area contributed by atoms with Gasteiger partial charge < -0.3 is 10.6 Å². The molecule has 92 valence electrons. The Hall–Kier alpha value is -0.940. The van der Waals surface area contributed by atoms with Gasteiger partial charge in [0.1, 0.15) is 10.7 Å². The van der Waals surface area contributed by atoms with Crippen LogP contribution in [0.15, 0.2) is 5.38 Å². The number of amides is 1. The summed E-state index contributed by atoms with van der Waals surface area (Å²) in [5, 5.41) is 2.68. The van der Waals surface area contributed by atoms with Gasteiger partial charge in [-0.3, -0.25) is 4.79 Å². The molecule has 0 saturated heterocycles. The third-order valence-corrected chi connectivity index (χ3v) is 4.22. The summed E-state index contributed by atoms with van der Waals surface area (Å²) in [5.41, 5.74) is 6.11. The largest absolute Gasteiger partial charge is 0.334 e. The van der Waals surface area contributed by atoms with E-state index in [0.29, 0.717) is 18.3 Å². The highest BCUT2D eigenvalue weighted by Crippen LogP contribution is 2.35. The average Bonchev–Trinajstić information content (AvgIpc) is 3.24. The standard InChI is InChI=1S/C12H17N3OS/c13-5-11-14-10(7-17-11)12(16)15(9-3-4-9)6-8-1-2-8/h7-9H,1-6,13H2. The molecule has 4 nitrogen and oxygen atoms in total. The number of nitrogens with two attached hydrogens (primary N) is 1. The number of carbonyl (C=O) groups is 1. The van der Waals surface area contributed by atoms with Crippen LogP contribution in [0.3, 0.4) is 0 Å². The molecule has 0 bridgehead atoms. The van der Waals surface area contributed by atoms with E-state index in [1.807, 2.05) is 10.3 Å². The van der Waals surface area contributed by atoms with E-state index >= 15 is 0 Å². The Morgan fingerprint density at radius 2 is 2.24 bits per heavy atom. The SMILES string of the molecule is NCc1nc(C(=O)N(CC2CC2)C2CC2)cs1. The quantitative estimate of drug-likeness (QED) is 0.865. The lowest BCUT2D eigenvalue weighted by molar-refractivity contribution is 0.0729. The zero-order valence-electron chi connectivity index (χ0n) is 9.76. The average molecular weight is 251 g/mol. The maximum Gasteiger partial charge on any atom is 0.273 e. The van der Waals surface area contributed by atoms with Crippen LogP contribution >= 0.6 is 11.3 Å². The topological polar surface area (TPSA) is 59.2 Å². The minimum Gasteiger partial charge on any atom is -0.334 e. The highest BCUT2D eigenvalue weighted by molar-refractivity contribution is 7.09. The van der Waals surface area contributed by atoms with Crippen molar-refractivity contribution in [2.75, 3.05) is 6.54 Å². The van der Waals surface area contributed by atoms with Crippen LogP contribution in [0.5, 0.6) is 0 Å². The van der Waals surface area contributed by atoms with E-state index in [1.165, 1.54) is 24.2 Å². The van der Waals surface area contributed by atoms with E-state index in [4.69, 9.17) is 5.73 Å². The fourth-order valence-corrected chi connectivity index (χ4v) is 2.66. The fraction of sp³-hybridized carbons (Fsp3) is 0.667. The molecular weight excluding hydrogens is 234 g/mol. The Kier molecular flexibility index (Phi) is 2.88. The molecule has 1 aromatic rings. The summed E-state index contributed by atoms with van der Waals surface area (Å²) in [7, 11) is 0. The van der Waals surface area contributed by atoms with Crippen molar-refractivity contribution < 1.29 is 4.79 Å². The molecule has 2 saturated carbocycles. The van der Waals surface area contributed by atoms with E-state index < -0.39 is 0 Å². The second kappa shape index (κ2) is 4.38. The lowest BCUT2D eigenvalue weighted by Crippen LogP contribution is -2.35. The predicted octanol–water partition coefficient (Wildman–Crippen LogP) is 1.62. The number of hydrogen-bond acceptors (Lipinski definition) is 4. The normalized spacial score (nSPS) is 19.4. The molecule has 1 heterocycles. The van der Waals surface area contributed by atoms with Crippen LogP contribution in [0.1, 0.15) is 41.2 Å². The van der Waals surface area contributed by atoms with Gasteiger partial charge >= 0.3 is 0 Å². The minimum atomic E-state index is 0.107. The summed E-state index contributed by atoms with van der Waals surface area (Å²) in [6, 6.07) is 0.478. The third-order valence-electron chi connectivity index (χ3n) is 3.35. The molecule has 0 unspecified atom stereocenters. The monoisotopic (exact) mass is 251 g/mol. The van der Waals surface area contributed by atoms with E-state index in [2.05, 4.69) is 4.98 Å². The van der Waals surface area contributed by atoms with Gasteiger partial charge in [0.05, 0.1) is 0 Å². The molecule has 0 aliphatic heterocycles. The van der Waals surface area contributed by atoms with Crippen molar-refractivity contribution in [3.05, 3.63) is 16.1 Å². The highest BCUT2D eigenvalue weighted by Gasteiger charge is 2.37. The predicted molar refractivity (Wildman–Crippen MR) is 66.8 cm³/mol. The van der Waals surface area contributed by atoms with Crippen molar-refractivity contribution in [3.63, 3.8) is 0 Å². The van der Waals surface area contributed by atoms with Crippen molar-refractivity contribution in [1.82, 2.24) is 9.88 Å². The van der Waals surface area contributed by atoms with Crippen LogP contribution in [0, 0.1) is 5.92 Å².